The molecular weight excluding hydrogens is 795 g/mol. The number of hydrogen-bond acceptors (Lipinski definition) is 3. The molecule has 10 aromatic carbocycles. The van der Waals surface area contributed by atoms with E-state index in [4.69, 9.17) is 4.74 Å². The second kappa shape index (κ2) is 14.6. The number of rotatable bonds is 5. The van der Waals surface area contributed by atoms with Crippen LogP contribution < -0.4 is 9.64 Å². The molecule has 0 saturated carbocycles. The van der Waals surface area contributed by atoms with Gasteiger partial charge in [-0.2, -0.15) is 0 Å². The van der Waals surface area contributed by atoms with Gasteiger partial charge in [0.15, 0.2) is 0 Å². The Morgan fingerprint density at radius 1 is 0.328 bits per heavy atom. The molecule has 0 saturated heterocycles. The van der Waals surface area contributed by atoms with Crippen LogP contribution in [0.5, 0.6) is 11.5 Å². The van der Waals surface area contributed by atoms with Gasteiger partial charge in [-0.3, -0.25) is 0 Å². The van der Waals surface area contributed by atoms with Gasteiger partial charge >= 0.3 is 0 Å². The van der Waals surface area contributed by atoms with Gasteiger partial charge in [0.1, 0.15) is 11.5 Å². The van der Waals surface area contributed by atoms with E-state index >= 15 is 0 Å². The van der Waals surface area contributed by atoms with E-state index in [1.165, 1.54) is 64.7 Å². The molecule has 0 unspecified atom stereocenters. The topological polar surface area (TPSA) is 12.5 Å². The molecule has 0 aliphatic carbocycles. The Kier molecular flexibility index (Phi) is 8.34. The van der Waals surface area contributed by atoms with Crippen LogP contribution >= 0.6 is 11.3 Å². The van der Waals surface area contributed by atoms with Gasteiger partial charge in [0.25, 0.3) is 0 Å². The van der Waals surface area contributed by atoms with Crippen molar-refractivity contribution in [3.63, 3.8) is 0 Å². The monoisotopic (exact) mass is 833 g/mol. The van der Waals surface area contributed by atoms with Crippen LogP contribution in [0.2, 0.25) is 0 Å². The van der Waals surface area contributed by atoms with E-state index in [1.54, 1.807) is 0 Å². The maximum atomic E-state index is 6.91. The van der Waals surface area contributed by atoms with Crippen molar-refractivity contribution < 1.29 is 4.74 Å². The van der Waals surface area contributed by atoms with Crippen molar-refractivity contribution in [2.24, 2.45) is 0 Å². The zero-order valence-corrected chi connectivity index (χ0v) is 35.6. The molecule has 13 rings (SSSR count). The van der Waals surface area contributed by atoms with Gasteiger partial charge < -0.3 is 9.64 Å². The van der Waals surface area contributed by atoms with Crippen LogP contribution in [0.1, 0.15) is 22.3 Å². The van der Waals surface area contributed by atoms with Gasteiger partial charge in [0, 0.05) is 31.3 Å². The van der Waals surface area contributed by atoms with Crippen molar-refractivity contribution in [1.82, 2.24) is 0 Å². The van der Waals surface area contributed by atoms with Crippen molar-refractivity contribution >= 4 is 48.6 Å². The first kappa shape index (κ1) is 36.7. The minimum Gasteiger partial charge on any atom is -0.457 e. The Hall–Kier alpha value is -7.98. The summed E-state index contributed by atoms with van der Waals surface area (Å²) in [7, 11) is 0. The summed E-state index contributed by atoms with van der Waals surface area (Å²) in [5.74, 6) is 1.73. The highest BCUT2D eigenvalue weighted by Gasteiger charge is 2.51. The molecule has 300 valence electrons. The summed E-state index contributed by atoms with van der Waals surface area (Å²) >= 11 is 1.86. The second-order valence-electron chi connectivity index (χ2n) is 16.7. The molecule has 3 heteroatoms. The van der Waals surface area contributed by atoms with E-state index in [9.17, 15) is 0 Å². The van der Waals surface area contributed by atoms with Crippen LogP contribution in [-0.2, 0) is 5.41 Å². The van der Waals surface area contributed by atoms with Crippen molar-refractivity contribution in [3.05, 3.63) is 259 Å². The number of fused-ring (bicyclic) bond motifs is 11. The molecule has 1 spiro atoms. The van der Waals surface area contributed by atoms with Crippen LogP contribution in [0.15, 0.2) is 237 Å². The van der Waals surface area contributed by atoms with Gasteiger partial charge in [-0.05, 0) is 110 Å². The molecular formula is C61H39NOS. The minimum atomic E-state index is -0.771. The molecule has 0 atom stereocenters. The second-order valence-corrected chi connectivity index (χ2v) is 17.8. The first-order valence-corrected chi connectivity index (χ1v) is 22.7. The maximum absolute atomic E-state index is 6.91. The van der Waals surface area contributed by atoms with Gasteiger partial charge in [-0.15, -0.1) is 11.3 Å². The van der Waals surface area contributed by atoms with Crippen LogP contribution in [-0.4, -0.2) is 0 Å². The molecule has 2 aliphatic heterocycles. The Bertz CT molecular complexity index is 3420. The highest BCUT2D eigenvalue weighted by atomic mass is 32.1. The Labute approximate surface area is 376 Å². The molecule has 0 amide bonds. The first-order chi connectivity index (χ1) is 31.8. The lowest BCUT2D eigenvalue weighted by atomic mass is 9.60. The molecule has 0 radical (unpaired) electrons. The van der Waals surface area contributed by atoms with Crippen molar-refractivity contribution in [2.75, 3.05) is 4.90 Å². The minimum absolute atomic E-state index is 0.771. The third-order valence-electron chi connectivity index (χ3n) is 13.4. The number of anilines is 3. The lowest BCUT2D eigenvalue weighted by molar-refractivity contribution is 0.434. The highest BCUT2D eigenvalue weighted by molar-refractivity contribution is 7.26. The van der Waals surface area contributed by atoms with Gasteiger partial charge in [0.2, 0.25) is 0 Å². The van der Waals surface area contributed by atoms with Gasteiger partial charge in [-0.25, -0.2) is 0 Å². The van der Waals surface area contributed by atoms with E-state index in [1.807, 2.05) is 11.3 Å². The predicted molar refractivity (Wildman–Crippen MR) is 268 cm³/mol. The number of ether oxygens (including phenoxy) is 1. The largest absolute Gasteiger partial charge is 0.457 e. The average Bonchev–Trinajstić information content (AvgIpc) is 3.76. The van der Waals surface area contributed by atoms with Crippen molar-refractivity contribution in [1.29, 1.82) is 0 Å². The van der Waals surface area contributed by atoms with Crippen LogP contribution in [0.25, 0.3) is 64.7 Å². The molecule has 1 aromatic heterocycles. The standard InChI is InChI=1S/C61H39NOS/c1-3-18-40(19-4-1)44-22-7-9-24-46(44)42-34-36-53-51(38-42)61(49-27-12-14-30-56(49)63-57-31-15-13-28-50(57)61)52-39-43(47-25-10-8-23-45(47)41-20-5-2-6-21-41)35-37-54(52)62(53)55-29-17-33-59-60(55)48-26-11-16-32-58(48)64-59/h1-39H. The van der Waals surface area contributed by atoms with Crippen molar-refractivity contribution in [3.8, 4) is 56.0 Å². The molecule has 64 heavy (non-hydrogen) atoms. The molecule has 0 N–H and O–H groups in total. The normalized spacial score (nSPS) is 13.2. The average molecular weight is 834 g/mol. The number of thiophene rings is 1. The molecule has 0 fully saturated rings. The summed E-state index contributed by atoms with van der Waals surface area (Å²) < 4.78 is 9.47. The number of hydrogen-bond donors (Lipinski definition) is 0. The zero-order valence-electron chi connectivity index (χ0n) is 34.8. The third-order valence-corrected chi connectivity index (χ3v) is 14.5. The fourth-order valence-electron chi connectivity index (χ4n) is 10.7. The van der Waals surface area contributed by atoms with E-state index in [0.29, 0.717) is 0 Å². The predicted octanol–water partition coefficient (Wildman–Crippen LogP) is 17.0. The van der Waals surface area contributed by atoms with Crippen LogP contribution in [0.4, 0.5) is 17.1 Å². The maximum Gasteiger partial charge on any atom is 0.132 e. The number of benzene rings is 10. The SMILES string of the molecule is c1ccc(-c2ccccc2-c2ccc3c(c2)C2(c4ccccc4Oc4ccccc42)c2cc(-c4ccccc4-c4ccccc4)ccc2N3c2cccc3sc4ccccc4c23)cc1. The van der Waals surface area contributed by atoms with Crippen molar-refractivity contribution in [2.45, 2.75) is 5.41 Å². The van der Waals surface area contributed by atoms with Crippen LogP contribution in [0.3, 0.4) is 0 Å². The first-order valence-electron chi connectivity index (χ1n) is 21.9. The molecule has 0 bridgehead atoms. The highest BCUT2D eigenvalue weighted by Crippen LogP contribution is 2.64. The summed E-state index contributed by atoms with van der Waals surface area (Å²) in [4.78, 5) is 2.55. The van der Waals surface area contributed by atoms with Gasteiger partial charge in [-0.1, -0.05) is 182 Å². The summed E-state index contributed by atoms with van der Waals surface area (Å²) in [6.07, 6.45) is 0. The Balaban J connectivity index is 1.18. The Morgan fingerprint density at radius 2 is 0.781 bits per heavy atom. The third kappa shape index (κ3) is 5.44. The smallest absolute Gasteiger partial charge is 0.132 e. The summed E-state index contributed by atoms with van der Waals surface area (Å²) in [6, 6.07) is 86.6. The van der Waals surface area contributed by atoms with E-state index in [0.717, 1.165) is 50.8 Å². The summed E-state index contributed by atoms with van der Waals surface area (Å²) in [6.45, 7) is 0. The van der Waals surface area contributed by atoms with Gasteiger partial charge in [0.05, 0.1) is 22.5 Å². The van der Waals surface area contributed by atoms with E-state index in [2.05, 4.69) is 241 Å². The summed E-state index contributed by atoms with van der Waals surface area (Å²) in [5.41, 5.74) is 16.8. The number of para-hydroxylation sites is 2. The quantitative estimate of drug-likeness (QED) is 0.171. The molecule has 2 aliphatic rings. The lowest BCUT2D eigenvalue weighted by Crippen LogP contribution is -2.39. The zero-order chi connectivity index (χ0) is 42.2. The van der Waals surface area contributed by atoms with Crippen LogP contribution in [0, 0.1) is 0 Å². The summed E-state index contributed by atoms with van der Waals surface area (Å²) in [5, 5.41) is 2.53. The number of nitrogens with zero attached hydrogens (tertiary/aromatic N) is 1. The fourth-order valence-corrected chi connectivity index (χ4v) is 11.8. The lowest BCUT2D eigenvalue weighted by Gasteiger charge is -2.49. The Morgan fingerprint density at radius 3 is 1.34 bits per heavy atom. The molecule has 3 heterocycles. The van der Waals surface area contributed by atoms with E-state index < -0.39 is 5.41 Å². The fraction of sp³-hybridized carbons (Fsp3) is 0.0164. The van der Waals surface area contributed by atoms with E-state index in [-0.39, 0.29) is 0 Å². The molecule has 2 nitrogen and oxygen atoms in total. The molecule has 11 aromatic rings.